The van der Waals surface area contributed by atoms with Crippen LogP contribution in [0.1, 0.15) is 23.9 Å². The molecule has 84 valence electrons. The Balaban J connectivity index is 2.38. The van der Waals surface area contributed by atoms with E-state index in [9.17, 15) is 0 Å². The molecule has 0 aliphatic rings. The minimum atomic E-state index is -0.0130. The van der Waals surface area contributed by atoms with Crippen molar-refractivity contribution in [1.82, 2.24) is 9.78 Å². The summed E-state index contributed by atoms with van der Waals surface area (Å²) in [6.07, 6.45) is 1.04. The molecule has 0 saturated carbocycles. The van der Waals surface area contributed by atoms with Gasteiger partial charge in [-0.25, -0.2) is 4.68 Å². The molecular formula is C13H16N2O. The van der Waals surface area contributed by atoms with Crippen LogP contribution in [-0.4, -0.2) is 14.9 Å². The Kier molecular flexibility index (Phi) is 3.06. The summed E-state index contributed by atoms with van der Waals surface area (Å²) in [6, 6.07) is 10.2. The first-order valence-corrected chi connectivity index (χ1v) is 5.50. The Labute approximate surface area is 95.3 Å². The van der Waals surface area contributed by atoms with E-state index >= 15 is 0 Å². The highest BCUT2D eigenvalue weighted by molar-refractivity contribution is 5.35. The summed E-state index contributed by atoms with van der Waals surface area (Å²) < 4.78 is 1.85. The second-order valence-electron chi connectivity index (χ2n) is 3.87. The molecule has 0 saturated heterocycles. The number of rotatable bonds is 3. The molecule has 0 amide bonds. The van der Waals surface area contributed by atoms with Gasteiger partial charge in [-0.05, 0) is 37.1 Å². The first kappa shape index (κ1) is 10.9. The summed E-state index contributed by atoms with van der Waals surface area (Å²) in [5.41, 5.74) is 4.09. The number of aromatic nitrogens is 2. The van der Waals surface area contributed by atoms with Gasteiger partial charge >= 0.3 is 0 Å². The van der Waals surface area contributed by atoms with Crippen LogP contribution in [0.15, 0.2) is 30.3 Å². The third-order valence-corrected chi connectivity index (χ3v) is 2.69. The van der Waals surface area contributed by atoms with Crippen LogP contribution in [0.5, 0.6) is 0 Å². The topological polar surface area (TPSA) is 38.0 Å². The zero-order valence-corrected chi connectivity index (χ0v) is 9.64. The molecule has 3 nitrogen and oxygen atoms in total. The van der Waals surface area contributed by atoms with E-state index < -0.39 is 0 Å². The average molecular weight is 216 g/mol. The molecule has 1 heterocycles. The Morgan fingerprint density at radius 2 is 1.94 bits per heavy atom. The largest absolute Gasteiger partial charge is 0.390 e. The SMILES string of the molecule is CCc1ccc(-n2nc(CO)cc2C)cc1. The van der Waals surface area contributed by atoms with Crippen molar-refractivity contribution in [2.24, 2.45) is 0 Å². The summed E-state index contributed by atoms with van der Waals surface area (Å²) in [4.78, 5) is 0. The molecule has 3 heteroatoms. The van der Waals surface area contributed by atoms with Gasteiger partial charge in [0, 0.05) is 5.69 Å². The molecule has 0 bridgehead atoms. The Morgan fingerprint density at radius 1 is 1.25 bits per heavy atom. The second kappa shape index (κ2) is 4.49. The molecule has 0 aliphatic carbocycles. The maximum atomic E-state index is 9.03. The molecule has 1 aromatic heterocycles. The van der Waals surface area contributed by atoms with Crippen LogP contribution >= 0.6 is 0 Å². The van der Waals surface area contributed by atoms with E-state index in [0.29, 0.717) is 5.69 Å². The first-order chi connectivity index (χ1) is 7.74. The fraction of sp³-hybridized carbons (Fsp3) is 0.308. The molecule has 0 aliphatic heterocycles. The fourth-order valence-electron chi connectivity index (χ4n) is 1.75. The van der Waals surface area contributed by atoms with Crippen LogP contribution in [0.3, 0.4) is 0 Å². The fourth-order valence-corrected chi connectivity index (χ4v) is 1.75. The molecule has 2 aromatic rings. The van der Waals surface area contributed by atoms with Crippen molar-refractivity contribution < 1.29 is 5.11 Å². The van der Waals surface area contributed by atoms with Crippen LogP contribution in [0.25, 0.3) is 5.69 Å². The van der Waals surface area contributed by atoms with Crippen molar-refractivity contribution >= 4 is 0 Å². The number of aliphatic hydroxyl groups is 1. The molecule has 0 unspecified atom stereocenters. The molecule has 1 N–H and O–H groups in total. The maximum Gasteiger partial charge on any atom is 0.0886 e. The number of aliphatic hydroxyl groups excluding tert-OH is 1. The molecule has 0 spiro atoms. The Bertz CT molecular complexity index is 471. The summed E-state index contributed by atoms with van der Waals surface area (Å²) in [6.45, 7) is 4.11. The van der Waals surface area contributed by atoms with Crippen molar-refractivity contribution in [3.05, 3.63) is 47.3 Å². The van der Waals surface area contributed by atoms with Gasteiger partial charge in [0.1, 0.15) is 0 Å². The second-order valence-corrected chi connectivity index (χ2v) is 3.87. The van der Waals surface area contributed by atoms with Gasteiger partial charge in [-0.2, -0.15) is 5.10 Å². The zero-order valence-electron chi connectivity index (χ0n) is 9.64. The maximum absolute atomic E-state index is 9.03. The lowest BCUT2D eigenvalue weighted by Crippen LogP contribution is -1.99. The third-order valence-electron chi connectivity index (χ3n) is 2.69. The molecule has 0 fully saturated rings. The summed E-state index contributed by atoms with van der Waals surface area (Å²) in [5, 5.41) is 13.3. The highest BCUT2D eigenvalue weighted by Gasteiger charge is 2.04. The van der Waals surface area contributed by atoms with E-state index in [0.717, 1.165) is 17.8 Å². The van der Waals surface area contributed by atoms with Gasteiger partial charge in [0.25, 0.3) is 0 Å². The standard InChI is InChI=1S/C13H16N2O/c1-3-11-4-6-13(7-5-11)15-10(2)8-12(9-16)14-15/h4-8,16H,3,9H2,1-2H3. The smallest absolute Gasteiger partial charge is 0.0886 e. The number of hydrogen-bond donors (Lipinski definition) is 1. The number of benzene rings is 1. The predicted octanol–water partition coefficient (Wildman–Crippen LogP) is 2.24. The lowest BCUT2D eigenvalue weighted by atomic mass is 10.1. The lowest BCUT2D eigenvalue weighted by Gasteiger charge is -2.04. The summed E-state index contributed by atoms with van der Waals surface area (Å²) in [5.74, 6) is 0. The van der Waals surface area contributed by atoms with E-state index in [-0.39, 0.29) is 6.61 Å². The van der Waals surface area contributed by atoms with E-state index in [1.165, 1.54) is 5.56 Å². The summed E-state index contributed by atoms with van der Waals surface area (Å²) >= 11 is 0. The normalized spacial score (nSPS) is 10.7. The Hall–Kier alpha value is -1.61. The van der Waals surface area contributed by atoms with Crippen LogP contribution in [-0.2, 0) is 13.0 Å². The quantitative estimate of drug-likeness (QED) is 0.854. The predicted molar refractivity (Wildman–Crippen MR) is 63.6 cm³/mol. The Morgan fingerprint density at radius 3 is 2.44 bits per heavy atom. The number of hydrogen-bond acceptors (Lipinski definition) is 2. The summed E-state index contributed by atoms with van der Waals surface area (Å²) in [7, 11) is 0. The van der Waals surface area contributed by atoms with E-state index in [2.05, 4.69) is 36.3 Å². The van der Waals surface area contributed by atoms with Gasteiger partial charge < -0.3 is 5.11 Å². The van der Waals surface area contributed by atoms with Gasteiger partial charge in [0.15, 0.2) is 0 Å². The molecule has 0 radical (unpaired) electrons. The van der Waals surface area contributed by atoms with Crippen LogP contribution in [0, 0.1) is 6.92 Å². The minimum absolute atomic E-state index is 0.0130. The molecule has 2 rings (SSSR count). The molecular weight excluding hydrogens is 200 g/mol. The number of nitrogens with zero attached hydrogens (tertiary/aromatic N) is 2. The van der Waals surface area contributed by atoms with E-state index in [4.69, 9.17) is 5.11 Å². The lowest BCUT2D eigenvalue weighted by molar-refractivity contribution is 0.276. The highest BCUT2D eigenvalue weighted by Crippen LogP contribution is 2.13. The van der Waals surface area contributed by atoms with E-state index in [1.807, 2.05) is 17.7 Å². The van der Waals surface area contributed by atoms with Gasteiger partial charge in [0.2, 0.25) is 0 Å². The first-order valence-electron chi connectivity index (χ1n) is 5.50. The van der Waals surface area contributed by atoms with Gasteiger partial charge in [-0.15, -0.1) is 0 Å². The average Bonchev–Trinajstić information content (AvgIpc) is 2.71. The van der Waals surface area contributed by atoms with Crippen molar-refractivity contribution in [2.45, 2.75) is 26.9 Å². The van der Waals surface area contributed by atoms with Gasteiger partial charge in [-0.1, -0.05) is 19.1 Å². The molecule has 1 aromatic carbocycles. The van der Waals surface area contributed by atoms with Crippen molar-refractivity contribution in [2.75, 3.05) is 0 Å². The van der Waals surface area contributed by atoms with Crippen molar-refractivity contribution in [3.63, 3.8) is 0 Å². The monoisotopic (exact) mass is 216 g/mol. The van der Waals surface area contributed by atoms with Crippen LogP contribution in [0.2, 0.25) is 0 Å². The van der Waals surface area contributed by atoms with Crippen LogP contribution in [0.4, 0.5) is 0 Å². The van der Waals surface area contributed by atoms with Gasteiger partial charge in [-0.3, -0.25) is 0 Å². The van der Waals surface area contributed by atoms with Gasteiger partial charge in [0.05, 0.1) is 18.0 Å². The zero-order chi connectivity index (χ0) is 11.5. The number of aryl methyl sites for hydroxylation is 2. The third kappa shape index (κ3) is 1.99. The van der Waals surface area contributed by atoms with Crippen LogP contribution < -0.4 is 0 Å². The van der Waals surface area contributed by atoms with Crippen molar-refractivity contribution in [3.8, 4) is 5.69 Å². The molecule has 0 atom stereocenters. The molecule has 16 heavy (non-hydrogen) atoms. The van der Waals surface area contributed by atoms with Crippen molar-refractivity contribution in [1.29, 1.82) is 0 Å². The van der Waals surface area contributed by atoms with E-state index in [1.54, 1.807) is 0 Å². The minimum Gasteiger partial charge on any atom is -0.390 e. The highest BCUT2D eigenvalue weighted by atomic mass is 16.3.